The number of halogens is 1. The molecule has 1 aliphatic carbocycles. The number of aryl methyl sites for hydroxylation is 1. The van der Waals surface area contributed by atoms with Gasteiger partial charge in [-0.3, -0.25) is 9.48 Å². The summed E-state index contributed by atoms with van der Waals surface area (Å²) in [5.74, 6) is -0.547. The van der Waals surface area contributed by atoms with Gasteiger partial charge in [0.15, 0.2) is 0 Å². The summed E-state index contributed by atoms with van der Waals surface area (Å²) >= 11 is 0. The SMILES string of the molecule is Cn1ncc2c1CCC[C@H]2NC(=O)c1ccc(N2CCCC2)c(F)c1. The largest absolute Gasteiger partial charge is 0.369 e. The molecule has 0 bridgehead atoms. The van der Waals surface area contributed by atoms with E-state index in [1.54, 1.807) is 12.1 Å². The van der Waals surface area contributed by atoms with Gasteiger partial charge in [-0.1, -0.05) is 0 Å². The number of anilines is 1. The van der Waals surface area contributed by atoms with Gasteiger partial charge in [-0.15, -0.1) is 0 Å². The van der Waals surface area contributed by atoms with Gasteiger partial charge in [-0.25, -0.2) is 4.39 Å². The summed E-state index contributed by atoms with van der Waals surface area (Å²) in [6.07, 6.45) is 6.90. The minimum absolute atomic E-state index is 0.0498. The average Bonchev–Trinajstić information content (AvgIpc) is 3.26. The van der Waals surface area contributed by atoms with Crippen molar-refractivity contribution in [3.8, 4) is 0 Å². The first-order chi connectivity index (χ1) is 12.1. The zero-order chi connectivity index (χ0) is 17.4. The van der Waals surface area contributed by atoms with Crippen LogP contribution >= 0.6 is 0 Å². The van der Waals surface area contributed by atoms with E-state index in [-0.39, 0.29) is 17.8 Å². The van der Waals surface area contributed by atoms with Crippen LogP contribution in [-0.4, -0.2) is 28.8 Å². The van der Waals surface area contributed by atoms with Crippen LogP contribution in [0.15, 0.2) is 24.4 Å². The van der Waals surface area contributed by atoms with Gasteiger partial charge < -0.3 is 10.2 Å². The molecule has 2 heterocycles. The maximum Gasteiger partial charge on any atom is 0.251 e. The first kappa shape index (κ1) is 16.1. The van der Waals surface area contributed by atoms with E-state index in [1.807, 2.05) is 22.8 Å². The van der Waals surface area contributed by atoms with Crippen molar-refractivity contribution in [1.82, 2.24) is 15.1 Å². The molecule has 1 aromatic carbocycles. The van der Waals surface area contributed by atoms with Crippen LogP contribution in [0.4, 0.5) is 10.1 Å². The predicted octanol–water partition coefficient (Wildman–Crippen LogP) is 2.97. The van der Waals surface area contributed by atoms with Gasteiger partial charge in [-0.2, -0.15) is 5.10 Å². The molecule has 4 rings (SSSR count). The van der Waals surface area contributed by atoms with Gasteiger partial charge in [0.1, 0.15) is 5.82 Å². The van der Waals surface area contributed by atoms with Crippen LogP contribution in [0.1, 0.15) is 53.3 Å². The number of hydrogen-bond acceptors (Lipinski definition) is 3. The topological polar surface area (TPSA) is 50.2 Å². The van der Waals surface area contributed by atoms with Crippen LogP contribution in [0.3, 0.4) is 0 Å². The average molecular weight is 342 g/mol. The molecule has 132 valence electrons. The summed E-state index contributed by atoms with van der Waals surface area (Å²) in [5.41, 5.74) is 3.22. The minimum atomic E-state index is -0.319. The number of fused-ring (bicyclic) bond motifs is 1. The Kier molecular flexibility index (Phi) is 4.19. The van der Waals surface area contributed by atoms with E-state index >= 15 is 0 Å². The lowest BCUT2D eigenvalue weighted by Crippen LogP contribution is -2.31. The number of hydrogen-bond donors (Lipinski definition) is 1. The molecule has 0 spiro atoms. The van der Waals surface area contributed by atoms with Crippen molar-refractivity contribution in [2.75, 3.05) is 18.0 Å². The van der Waals surface area contributed by atoms with Crippen LogP contribution in [0.5, 0.6) is 0 Å². The van der Waals surface area contributed by atoms with Gasteiger partial charge in [0.25, 0.3) is 5.91 Å². The van der Waals surface area contributed by atoms with Crippen molar-refractivity contribution in [2.24, 2.45) is 7.05 Å². The smallest absolute Gasteiger partial charge is 0.251 e. The quantitative estimate of drug-likeness (QED) is 0.933. The summed E-state index contributed by atoms with van der Waals surface area (Å²) < 4.78 is 16.3. The number of amides is 1. The number of rotatable bonds is 3. The van der Waals surface area contributed by atoms with Crippen molar-refractivity contribution in [2.45, 2.75) is 38.1 Å². The lowest BCUT2D eigenvalue weighted by molar-refractivity contribution is 0.0932. The fourth-order valence-electron chi connectivity index (χ4n) is 3.96. The van der Waals surface area contributed by atoms with Crippen LogP contribution in [-0.2, 0) is 13.5 Å². The molecule has 5 nitrogen and oxygen atoms in total. The second kappa shape index (κ2) is 6.50. The monoisotopic (exact) mass is 342 g/mol. The van der Waals surface area contributed by atoms with Crippen LogP contribution in [0, 0.1) is 5.82 Å². The summed E-state index contributed by atoms with van der Waals surface area (Å²) in [6, 6.07) is 4.76. The molecule has 2 aliphatic rings. The molecule has 25 heavy (non-hydrogen) atoms. The molecule has 1 amide bonds. The standard InChI is InChI=1S/C19H23FN4O/c1-23-17-6-4-5-16(14(17)12-21-23)22-19(25)13-7-8-18(15(20)11-13)24-9-2-3-10-24/h7-8,11-12,16H,2-6,9-10H2,1H3,(H,22,25)/t16-/m1/s1. The highest BCUT2D eigenvalue weighted by molar-refractivity contribution is 5.95. The highest BCUT2D eigenvalue weighted by atomic mass is 19.1. The third-order valence-corrected chi connectivity index (χ3v) is 5.34. The summed E-state index contributed by atoms with van der Waals surface area (Å²) in [5, 5.41) is 7.35. The Labute approximate surface area is 146 Å². The van der Waals surface area contributed by atoms with Gasteiger partial charge in [0.05, 0.1) is 17.9 Å². The third kappa shape index (κ3) is 3.01. The highest BCUT2D eigenvalue weighted by Crippen LogP contribution is 2.30. The van der Waals surface area contributed by atoms with Crippen LogP contribution in [0.2, 0.25) is 0 Å². The molecule has 1 N–H and O–H groups in total. The van der Waals surface area contributed by atoms with Crippen LogP contribution < -0.4 is 10.2 Å². The van der Waals surface area contributed by atoms with E-state index in [2.05, 4.69) is 10.4 Å². The minimum Gasteiger partial charge on any atom is -0.369 e. The summed E-state index contributed by atoms with van der Waals surface area (Å²) in [6.45, 7) is 1.77. The molecule has 1 atom stereocenters. The van der Waals surface area contributed by atoms with E-state index in [1.165, 1.54) is 11.8 Å². The van der Waals surface area contributed by atoms with Gasteiger partial charge in [0.2, 0.25) is 0 Å². The Morgan fingerprint density at radius 3 is 2.84 bits per heavy atom. The maximum absolute atomic E-state index is 14.4. The molecule has 1 fully saturated rings. The first-order valence-corrected chi connectivity index (χ1v) is 8.99. The fraction of sp³-hybridized carbons (Fsp3) is 0.474. The third-order valence-electron chi connectivity index (χ3n) is 5.34. The predicted molar refractivity (Wildman–Crippen MR) is 94.2 cm³/mol. The van der Waals surface area contributed by atoms with Crippen LogP contribution in [0.25, 0.3) is 0 Å². The Morgan fingerprint density at radius 2 is 2.08 bits per heavy atom. The fourth-order valence-corrected chi connectivity index (χ4v) is 3.96. The van der Waals surface area contributed by atoms with Crippen molar-refractivity contribution in [1.29, 1.82) is 0 Å². The van der Waals surface area contributed by atoms with Crippen molar-refractivity contribution in [3.63, 3.8) is 0 Å². The Morgan fingerprint density at radius 1 is 1.28 bits per heavy atom. The van der Waals surface area contributed by atoms with E-state index < -0.39 is 0 Å². The lowest BCUT2D eigenvalue weighted by atomic mass is 9.92. The summed E-state index contributed by atoms with van der Waals surface area (Å²) in [7, 11) is 1.93. The number of carbonyl (C=O) groups is 1. The number of aromatic nitrogens is 2. The Bertz CT molecular complexity index is 795. The van der Waals surface area contributed by atoms with Gasteiger partial charge in [-0.05, 0) is 50.3 Å². The molecule has 0 unspecified atom stereocenters. The number of nitrogens with one attached hydrogen (secondary N) is 1. The van der Waals surface area contributed by atoms with Crippen molar-refractivity contribution in [3.05, 3.63) is 47.0 Å². The molecule has 0 saturated carbocycles. The number of carbonyl (C=O) groups excluding carboxylic acids is 1. The first-order valence-electron chi connectivity index (χ1n) is 8.99. The van der Waals surface area contributed by atoms with Crippen molar-refractivity contribution >= 4 is 11.6 Å². The van der Waals surface area contributed by atoms with E-state index in [0.29, 0.717) is 11.3 Å². The number of nitrogens with zero attached hydrogens (tertiary/aromatic N) is 3. The molecule has 6 heteroatoms. The summed E-state index contributed by atoms with van der Waals surface area (Å²) in [4.78, 5) is 14.6. The maximum atomic E-state index is 14.4. The molecular formula is C19H23FN4O. The van der Waals surface area contributed by atoms with Crippen molar-refractivity contribution < 1.29 is 9.18 Å². The van der Waals surface area contributed by atoms with Gasteiger partial charge in [0, 0.05) is 37.0 Å². The molecule has 1 aliphatic heterocycles. The molecule has 1 saturated heterocycles. The molecule has 2 aromatic rings. The zero-order valence-corrected chi connectivity index (χ0v) is 14.5. The Hall–Kier alpha value is -2.37. The second-order valence-corrected chi connectivity index (χ2v) is 6.95. The molecular weight excluding hydrogens is 319 g/mol. The van der Waals surface area contributed by atoms with Gasteiger partial charge >= 0.3 is 0 Å². The van der Waals surface area contributed by atoms with E-state index in [9.17, 15) is 9.18 Å². The lowest BCUT2D eigenvalue weighted by Gasteiger charge is -2.24. The molecule has 1 aromatic heterocycles. The second-order valence-electron chi connectivity index (χ2n) is 6.95. The normalized spacial score (nSPS) is 19.8. The van der Waals surface area contributed by atoms with E-state index in [4.69, 9.17) is 0 Å². The highest BCUT2D eigenvalue weighted by Gasteiger charge is 2.25. The van der Waals surface area contributed by atoms with E-state index in [0.717, 1.165) is 50.8 Å². The zero-order valence-electron chi connectivity index (χ0n) is 14.5. The molecule has 0 radical (unpaired) electrons. The number of benzene rings is 1. The Balaban J connectivity index is 1.51.